The topological polar surface area (TPSA) is 94.0 Å². The first-order valence-electron chi connectivity index (χ1n) is 9.75. The van der Waals surface area contributed by atoms with Gasteiger partial charge in [-0.25, -0.2) is 4.98 Å². The van der Waals surface area contributed by atoms with Gasteiger partial charge in [0.1, 0.15) is 5.69 Å². The second-order valence-electron chi connectivity index (χ2n) is 7.38. The van der Waals surface area contributed by atoms with Crippen molar-refractivity contribution in [2.45, 2.75) is 18.9 Å². The summed E-state index contributed by atoms with van der Waals surface area (Å²) in [6, 6.07) is 12.2. The monoisotopic (exact) mass is 402 g/mol. The Morgan fingerprint density at radius 2 is 2.03 bits per heavy atom. The molecule has 0 aromatic carbocycles. The minimum Gasteiger partial charge on any atom is -0.397 e. The lowest BCUT2D eigenvalue weighted by Crippen LogP contribution is -2.42. The lowest BCUT2D eigenvalue weighted by molar-refractivity contribution is 0.507. The summed E-state index contributed by atoms with van der Waals surface area (Å²) >= 11 is 1.66. The number of hydrogen-bond donors (Lipinski definition) is 2. The van der Waals surface area contributed by atoms with E-state index in [9.17, 15) is 0 Å². The highest BCUT2D eigenvalue weighted by Gasteiger charge is 2.20. The second kappa shape index (κ2) is 7.42. The third-order valence-corrected chi connectivity index (χ3v) is 6.24. The molecule has 1 aliphatic heterocycles. The van der Waals surface area contributed by atoms with E-state index in [4.69, 9.17) is 16.5 Å². The van der Waals surface area contributed by atoms with Crippen molar-refractivity contribution in [1.82, 2.24) is 15.0 Å². The Morgan fingerprint density at radius 1 is 1.10 bits per heavy atom. The van der Waals surface area contributed by atoms with Gasteiger partial charge in [0, 0.05) is 36.4 Å². The van der Waals surface area contributed by atoms with Crippen LogP contribution in [0.25, 0.3) is 32.9 Å². The molecule has 0 unspecified atom stereocenters. The Balaban J connectivity index is 1.62. The number of rotatable bonds is 3. The fourth-order valence-electron chi connectivity index (χ4n) is 3.90. The summed E-state index contributed by atoms with van der Waals surface area (Å²) in [5.74, 6) is 0. The molecule has 1 aliphatic rings. The van der Waals surface area contributed by atoms with Crippen molar-refractivity contribution in [1.29, 1.82) is 0 Å². The summed E-state index contributed by atoms with van der Waals surface area (Å²) in [5.41, 5.74) is 17.5. The number of hydrogen-bond acceptors (Lipinski definition) is 7. The van der Waals surface area contributed by atoms with Crippen molar-refractivity contribution in [3.63, 3.8) is 0 Å². The first-order valence-corrected chi connectivity index (χ1v) is 10.6. The molecule has 4 aromatic rings. The van der Waals surface area contributed by atoms with Crippen molar-refractivity contribution in [3.05, 3.63) is 54.2 Å². The Bertz CT molecular complexity index is 1160. The van der Waals surface area contributed by atoms with Crippen LogP contribution in [0.15, 0.2) is 54.2 Å². The molecule has 1 fully saturated rings. The van der Waals surface area contributed by atoms with E-state index in [2.05, 4.69) is 33.1 Å². The molecule has 0 spiro atoms. The Morgan fingerprint density at radius 3 is 2.86 bits per heavy atom. The number of pyridine rings is 3. The normalized spacial score (nSPS) is 17.0. The van der Waals surface area contributed by atoms with E-state index in [1.165, 1.54) is 0 Å². The maximum atomic E-state index is 6.28. The van der Waals surface area contributed by atoms with Crippen LogP contribution in [0.4, 0.5) is 11.4 Å². The molecular weight excluding hydrogens is 380 g/mol. The smallest absolute Gasteiger partial charge is 0.112 e. The van der Waals surface area contributed by atoms with E-state index in [1.54, 1.807) is 17.5 Å². The van der Waals surface area contributed by atoms with Gasteiger partial charge in [-0.2, -0.15) is 0 Å². The second-order valence-corrected chi connectivity index (χ2v) is 8.32. The van der Waals surface area contributed by atoms with Gasteiger partial charge in [-0.1, -0.05) is 6.07 Å². The van der Waals surface area contributed by atoms with Crippen molar-refractivity contribution >= 4 is 33.6 Å². The molecule has 146 valence electrons. The molecule has 4 N–H and O–H groups in total. The van der Waals surface area contributed by atoms with Crippen molar-refractivity contribution in [3.8, 4) is 22.0 Å². The van der Waals surface area contributed by atoms with E-state index >= 15 is 0 Å². The number of thiophene rings is 1. The molecule has 5 rings (SSSR count). The SMILES string of the molecule is Nc1ccc(-c2cccs2)nc1-c1cc2c(N3CCC[C@H](N)C3)ccnc2cn1. The largest absolute Gasteiger partial charge is 0.397 e. The quantitative estimate of drug-likeness (QED) is 0.539. The Hall–Kier alpha value is -3.03. The van der Waals surface area contributed by atoms with Gasteiger partial charge in [-0.05, 0) is 48.6 Å². The third-order valence-electron chi connectivity index (χ3n) is 5.35. The first kappa shape index (κ1) is 18.0. The maximum absolute atomic E-state index is 6.28. The number of fused-ring (bicyclic) bond motifs is 1. The van der Waals surface area contributed by atoms with Crippen LogP contribution >= 0.6 is 11.3 Å². The molecule has 6 nitrogen and oxygen atoms in total. The first-order chi connectivity index (χ1) is 14.2. The van der Waals surface area contributed by atoms with Crippen LogP contribution in [0.5, 0.6) is 0 Å². The fourth-order valence-corrected chi connectivity index (χ4v) is 4.60. The van der Waals surface area contributed by atoms with Gasteiger partial charge in [-0.3, -0.25) is 9.97 Å². The predicted molar refractivity (Wildman–Crippen MR) is 120 cm³/mol. The van der Waals surface area contributed by atoms with Crippen LogP contribution in [-0.4, -0.2) is 34.1 Å². The van der Waals surface area contributed by atoms with Gasteiger partial charge < -0.3 is 16.4 Å². The predicted octanol–water partition coefficient (Wildman–Crippen LogP) is 3.93. The highest BCUT2D eigenvalue weighted by molar-refractivity contribution is 7.13. The van der Waals surface area contributed by atoms with Gasteiger partial charge in [-0.15, -0.1) is 11.3 Å². The number of aromatic nitrogens is 3. The van der Waals surface area contributed by atoms with Crippen molar-refractivity contribution in [2.24, 2.45) is 5.73 Å². The molecule has 0 bridgehead atoms. The summed E-state index contributed by atoms with van der Waals surface area (Å²) in [4.78, 5) is 17.4. The molecule has 4 aromatic heterocycles. The van der Waals surface area contributed by atoms with E-state index in [1.807, 2.05) is 29.8 Å². The van der Waals surface area contributed by atoms with Gasteiger partial charge in [0.2, 0.25) is 0 Å². The van der Waals surface area contributed by atoms with Crippen LogP contribution in [0, 0.1) is 0 Å². The van der Waals surface area contributed by atoms with Crippen molar-refractivity contribution < 1.29 is 0 Å². The number of nitrogens with two attached hydrogens (primary N) is 2. The zero-order valence-corrected chi connectivity index (χ0v) is 16.8. The lowest BCUT2D eigenvalue weighted by Gasteiger charge is -2.33. The van der Waals surface area contributed by atoms with Gasteiger partial charge in [0.05, 0.1) is 33.7 Å². The average molecular weight is 403 g/mol. The maximum Gasteiger partial charge on any atom is 0.112 e. The average Bonchev–Trinajstić information content (AvgIpc) is 3.28. The summed E-state index contributed by atoms with van der Waals surface area (Å²) in [7, 11) is 0. The van der Waals surface area contributed by atoms with E-state index < -0.39 is 0 Å². The molecular formula is C22H22N6S. The highest BCUT2D eigenvalue weighted by atomic mass is 32.1. The van der Waals surface area contributed by atoms with Crippen LogP contribution in [0.1, 0.15) is 12.8 Å². The molecule has 7 heteroatoms. The van der Waals surface area contributed by atoms with Crippen molar-refractivity contribution in [2.75, 3.05) is 23.7 Å². The van der Waals surface area contributed by atoms with Crippen LogP contribution in [-0.2, 0) is 0 Å². The molecule has 1 atom stereocenters. The van der Waals surface area contributed by atoms with Crippen LogP contribution < -0.4 is 16.4 Å². The molecule has 0 amide bonds. The molecule has 0 saturated carbocycles. The Labute approximate surface area is 173 Å². The summed E-state index contributed by atoms with van der Waals surface area (Å²) in [6.45, 7) is 1.85. The number of nitrogens with zero attached hydrogens (tertiary/aromatic N) is 4. The zero-order chi connectivity index (χ0) is 19.8. The zero-order valence-electron chi connectivity index (χ0n) is 16.0. The standard InChI is InChI=1S/C22H22N6S/c23-14-3-1-9-28(13-14)20-7-8-25-19-12-26-18(11-15(19)20)22-16(24)5-6-17(27-22)21-4-2-10-29-21/h2,4-8,10-12,14H,1,3,9,13,23-24H2/t14-/m0/s1. The summed E-state index contributed by atoms with van der Waals surface area (Å²) < 4.78 is 0. The van der Waals surface area contributed by atoms with E-state index in [0.29, 0.717) is 11.4 Å². The molecule has 5 heterocycles. The summed E-state index contributed by atoms with van der Waals surface area (Å²) in [6.07, 6.45) is 5.81. The van der Waals surface area contributed by atoms with Gasteiger partial charge in [0.15, 0.2) is 0 Å². The summed E-state index contributed by atoms with van der Waals surface area (Å²) in [5, 5.41) is 3.09. The molecule has 29 heavy (non-hydrogen) atoms. The van der Waals surface area contributed by atoms with Gasteiger partial charge >= 0.3 is 0 Å². The number of anilines is 2. The van der Waals surface area contributed by atoms with Gasteiger partial charge in [0.25, 0.3) is 0 Å². The third kappa shape index (κ3) is 3.43. The van der Waals surface area contributed by atoms with E-state index in [0.717, 1.165) is 58.8 Å². The van der Waals surface area contributed by atoms with E-state index in [-0.39, 0.29) is 6.04 Å². The number of piperidine rings is 1. The minimum atomic E-state index is 0.202. The highest BCUT2D eigenvalue weighted by Crippen LogP contribution is 2.33. The number of nitrogen functional groups attached to an aromatic ring is 1. The van der Waals surface area contributed by atoms with Crippen LogP contribution in [0.2, 0.25) is 0 Å². The Kier molecular flexibility index (Phi) is 4.61. The van der Waals surface area contributed by atoms with Crippen LogP contribution in [0.3, 0.4) is 0 Å². The molecule has 1 saturated heterocycles. The fraction of sp³-hybridized carbons (Fsp3) is 0.227. The lowest BCUT2D eigenvalue weighted by atomic mass is 10.0. The minimum absolute atomic E-state index is 0.202. The molecule has 0 radical (unpaired) electrons. The molecule has 0 aliphatic carbocycles.